The van der Waals surface area contributed by atoms with Crippen molar-refractivity contribution in [3.05, 3.63) is 83.7 Å². The molecule has 26 heavy (non-hydrogen) atoms. The van der Waals surface area contributed by atoms with Crippen molar-refractivity contribution in [2.75, 3.05) is 0 Å². The SMILES string of the molecule is C=CCCc1ccc(-c2cc3c(c(F)c2F)-c2c-3ccc(C)c2F)cc1. The van der Waals surface area contributed by atoms with Gasteiger partial charge in [-0.1, -0.05) is 42.5 Å². The zero-order chi connectivity index (χ0) is 18.4. The molecule has 0 unspecified atom stereocenters. The van der Waals surface area contributed by atoms with Crippen LogP contribution in [0.1, 0.15) is 17.5 Å². The average molecular weight is 350 g/mol. The van der Waals surface area contributed by atoms with Gasteiger partial charge < -0.3 is 0 Å². The van der Waals surface area contributed by atoms with Crippen LogP contribution in [0, 0.1) is 24.4 Å². The summed E-state index contributed by atoms with van der Waals surface area (Å²) in [7, 11) is 0. The maximum Gasteiger partial charge on any atom is 0.168 e. The second-order valence-electron chi connectivity index (χ2n) is 6.62. The van der Waals surface area contributed by atoms with Crippen molar-refractivity contribution in [2.45, 2.75) is 19.8 Å². The van der Waals surface area contributed by atoms with E-state index in [1.807, 2.05) is 18.2 Å². The zero-order valence-corrected chi connectivity index (χ0v) is 14.4. The second kappa shape index (κ2) is 6.17. The van der Waals surface area contributed by atoms with Gasteiger partial charge in [-0.15, -0.1) is 6.58 Å². The lowest BCUT2D eigenvalue weighted by molar-refractivity contribution is 0.512. The van der Waals surface area contributed by atoms with Gasteiger partial charge in [-0.3, -0.25) is 0 Å². The van der Waals surface area contributed by atoms with E-state index in [2.05, 4.69) is 6.58 Å². The van der Waals surface area contributed by atoms with E-state index in [1.54, 1.807) is 37.3 Å². The molecule has 0 spiro atoms. The average Bonchev–Trinajstić information content (AvgIpc) is 2.63. The van der Waals surface area contributed by atoms with Gasteiger partial charge in [-0.05, 0) is 53.6 Å². The predicted molar refractivity (Wildman–Crippen MR) is 99.4 cm³/mol. The standard InChI is InChI=1S/C23H17F3/c1-3-4-5-14-7-9-15(10-8-14)17-12-18-16-11-6-13(2)21(24)19(16)20(18)23(26)22(17)25/h3,6-12H,1,4-5H2,2H3. The van der Waals surface area contributed by atoms with Crippen molar-refractivity contribution < 1.29 is 13.2 Å². The summed E-state index contributed by atoms with van der Waals surface area (Å²) >= 11 is 0. The number of aryl methyl sites for hydroxylation is 2. The van der Waals surface area contributed by atoms with Gasteiger partial charge in [-0.25, -0.2) is 13.2 Å². The molecule has 3 aromatic rings. The van der Waals surface area contributed by atoms with Crippen molar-refractivity contribution in [2.24, 2.45) is 0 Å². The van der Waals surface area contributed by atoms with Gasteiger partial charge in [0.1, 0.15) is 5.82 Å². The van der Waals surface area contributed by atoms with Crippen molar-refractivity contribution >= 4 is 0 Å². The summed E-state index contributed by atoms with van der Waals surface area (Å²) in [4.78, 5) is 0. The van der Waals surface area contributed by atoms with E-state index in [-0.39, 0.29) is 16.7 Å². The van der Waals surface area contributed by atoms with Crippen LogP contribution in [-0.2, 0) is 6.42 Å². The van der Waals surface area contributed by atoms with Crippen molar-refractivity contribution in [1.29, 1.82) is 0 Å². The van der Waals surface area contributed by atoms with Crippen LogP contribution in [0.25, 0.3) is 33.4 Å². The van der Waals surface area contributed by atoms with Crippen LogP contribution in [0.4, 0.5) is 13.2 Å². The molecule has 130 valence electrons. The minimum Gasteiger partial charge on any atom is -0.206 e. The predicted octanol–water partition coefficient (Wildman–Crippen LogP) is 6.85. The quantitative estimate of drug-likeness (QED) is 0.353. The van der Waals surface area contributed by atoms with Gasteiger partial charge in [0, 0.05) is 16.7 Å². The monoisotopic (exact) mass is 350 g/mol. The normalized spacial score (nSPS) is 11.5. The molecule has 0 saturated heterocycles. The summed E-state index contributed by atoms with van der Waals surface area (Å²) in [5.74, 6) is -2.40. The fourth-order valence-electron chi connectivity index (χ4n) is 3.50. The number of benzene rings is 3. The molecule has 0 amide bonds. The first-order valence-electron chi connectivity index (χ1n) is 8.55. The van der Waals surface area contributed by atoms with E-state index in [1.165, 1.54) is 0 Å². The molecular formula is C23H17F3. The molecule has 0 bridgehead atoms. The molecule has 0 N–H and O–H groups in total. The highest BCUT2D eigenvalue weighted by Gasteiger charge is 2.33. The minimum atomic E-state index is -0.981. The molecular weight excluding hydrogens is 333 g/mol. The molecule has 1 aliphatic rings. The highest BCUT2D eigenvalue weighted by Crippen LogP contribution is 2.52. The maximum atomic E-state index is 14.7. The summed E-state index contributed by atoms with van der Waals surface area (Å²) in [6.45, 7) is 5.31. The van der Waals surface area contributed by atoms with Gasteiger partial charge in [0.2, 0.25) is 0 Å². The van der Waals surface area contributed by atoms with Crippen molar-refractivity contribution in [1.82, 2.24) is 0 Å². The Kier molecular flexibility index (Phi) is 3.95. The van der Waals surface area contributed by atoms with Crippen LogP contribution < -0.4 is 0 Å². The molecule has 0 atom stereocenters. The lowest BCUT2D eigenvalue weighted by atomic mass is 9.77. The Morgan fingerprint density at radius 2 is 1.50 bits per heavy atom. The molecule has 1 aliphatic carbocycles. The molecule has 0 nitrogen and oxygen atoms in total. The first-order chi connectivity index (χ1) is 12.5. The van der Waals surface area contributed by atoms with Crippen LogP contribution >= 0.6 is 0 Å². The van der Waals surface area contributed by atoms with E-state index in [4.69, 9.17) is 0 Å². The first-order valence-corrected chi connectivity index (χ1v) is 8.55. The Bertz CT molecular complexity index is 1030. The molecule has 3 heteroatoms. The van der Waals surface area contributed by atoms with Crippen LogP contribution in [-0.4, -0.2) is 0 Å². The Balaban J connectivity index is 1.79. The molecule has 0 heterocycles. The fraction of sp³-hybridized carbons (Fsp3) is 0.130. The smallest absolute Gasteiger partial charge is 0.168 e. The number of halogens is 3. The third-order valence-corrected chi connectivity index (χ3v) is 4.98. The summed E-state index contributed by atoms with van der Waals surface area (Å²) in [6.07, 6.45) is 3.57. The second-order valence-corrected chi connectivity index (χ2v) is 6.62. The van der Waals surface area contributed by atoms with E-state index >= 15 is 0 Å². The van der Waals surface area contributed by atoms with E-state index < -0.39 is 17.5 Å². The topological polar surface area (TPSA) is 0 Å². The van der Waals surface area contributed by atoms with E-state index in [0.29, 0.717) is 22.3 Å². The van der Waals surface area contributed by atoms with Crippen molar-refractivity contribution in [3.63, 3.8) is 0 Å². The van der Waals surface area contributed by atoms with Gasteiger partial charge in [0.15, 0.2) is 11.6 Å². The minimum absolute atomic E-state index is 0.0463. The third kappa shape index (κ3) is 2.38. The molecule has 0 saturated carbocycles. The lowest BCUT2D eigenvalue weighted by Gasteiger charge is -2.27. The van der Waals surface area contributed by atoms with Gasteiger partial charge >= 0.3 is 0 Å². The van der Waals surface area contributed by atoms with E-state index in [9.17, 15) is 13.2 Å². The van der Waals surface area contributed by atoms with Crippen LogP contribution in [0.15, 0.2) is 55.1 Å². The number of allylic oxidation sites excluding steroid dienone is 1. The molecule has 0 fully saturated rings. The van der Waals surface area contributed by atoms with Gasteiger partial charge in [0.25, 0.3) is 0 Å². The number of hydrogen-bond acceptors (Lipinski definition) is 0. The maximum absolute atomic E-state index is 14.7. The van der Waals surface area contributed by atoms with Crippen molar-refractivity contribution in [3.8, 4) is 33.4 Å². The van der Waals surface area contributed by atoms with E-state index in [0.717, 1.165) is 18.4 Å². The van der Waals surface area contributed by atoms with Crippen LogP contribution in [0.3, 0.4) is 0 Å². The Labute approximate surface area is 150 Å². The summed E-state index contributed by atoms with van der Waals surface area (Å²) in [5.41, 5.74) is 3.76. The summed E-state index contributed by atoms with van der Waals surface area (Å²) in [5, 5.41) is 0. The number of fused-ring (bicyclic) bond motifs is 4. The molecule has 3 aromatic carbocycles. The summed E-state index contributed by atoms with van der Waals surface area (Å²) in [6, 6.07) is 12.4. The summed E-state index contributed by atoms with van der Waals surface area (Å²) < 4.78 is 43.7. The highest BCUT2D eigenvalue weighted by atomic mass is 19.2. The Hall–Kier alpha value is -2.81. The van der Waals surface area contributed by atoms with Crippen LogP contribution in [0.2, 0.25) is 0 Å². The van der Waals surface area contributed by atoms with Crippen LogP contribution in [0.5, 0.6) is 0 Å². The molecule has 0 aromatic heterocycles. The lowest BCUT2D eigenvalue weighted by Crippen LogP contribution is -2.08. The molecule has 0 aliphatic heterocycles. The number of rotatable bonds is 4. The first kappa shape index (κ1) is 16.6. The third-order valence-electron chi connectivity index (χ3n) is 4.98. The van der Waals surface area contributed by atoms with Gasteiger partial charge in [-0.2, -0.15) is 0 Å². The Morgan fingerprint density at radius 3 is 2.19 bits per heavy atom. The largest absolute Gasteiger partial charge is 0.206 e. The van der Waals surface area contributed by atoms with Gasteiger partial charge in [0.05, 0.1) is 0 Å². The fourth-order valence-corrected chi connectivity index (χ4v) is 3.50. The molecule has 0 radical (unpaired) electrons. The Morgan fingerprint density at radius 1 is 0.808 bits per heavy atom. The highest BCUT2D eigenvalue weighted by molar-refractivity contribution is 6.04. The number of hydrogen-bond donors (Lipinski definition) is 0. The molecule has 4 rings (SSSR count). The zero-order valence-electron chi connectivity index (χ0n) is 14.4.